The Bertz CT molecular complexity index is 316. The van der Waals surface area contributed by atoms with Crippen LogP contribution in [0.1, 0.15) is 5.56 Å². The third-order valence-electron chi connectivity index (χ3n) is 1.61. The zero-order chi connectivity index (χ0) is 9.84. The molecule has 1 aromatic carbocycles. The van der Waals surface area contributed by atoms with Crippen molar-refractivity contribution < 1.29 is 9.18 Å². The first-order valence-corrected chi connectivity index (χ1v) is 4.69. The van der Waals surface area contributed by atoms with E-state index in [0.29, 0.717) is 6.42 Å². The van der Waals surface area contributed by atoms with Gasteiger partial charge in [-0.3, -0.25) is 4.79 Å². The average Bonchev–Trinajstić information content (AvgIpc) is 2.04. The predicted octanol–water partition coefficient (Wildman–Crippen LogP) is 1.62. The SMILES string of the molecule is NC(=O)C(Br)Cc1cccc(F)c1. The van der Waals surface area contributed by atoms with Gasteiger partial charge in [-0.25, -0.2) is 4.39 Å². The molecule has 0 aliphatic rings. The van der Waals surface area contributed by atoms with E-state index in [1.807, 2.05) is 0 Å². The number of carbonyl (C=O) groups excluding carboxylic acids is 1. The van der Waals surface area contributed by atoms with Crippen LogP contribution in [-0.4, -0.2) is 10.7 Å². The third kappa shape index (κ3) is 3.14. The van der Waals surface area contributed by atoms with Crippen LogP contribution in [0.4, 0.5) is 4.39 Å². The van der Waals surface area contributed by atoms with E-state index in [4.69, 9.17) is 5.73 Å². The van der Waals surface area contributed by atoms with Crippen molar-refractivity contribution >= 4 is 21.8 Å². The molecule has 1 amide bonds. The summed E-state index contributed by atoms with van der Waals surface area (Å²) in [6.07, 6.45) is 0.410. The molecule has 13 heavy (non-hydrogen) atoms. The molecule has 1 rings (SSSR count). The van der Waals surface area contributed by atoms with Gasteiger partial charge in [0.05, 0.1) is 4.83 Å². The summed E-state index contributed by atoms with van der Waals surface area (Å²) in [5.74, 6) is -0.745. The summed E-state index contributed by atoms with van der Waals surface area (Å²) in [5.41, 5.74) is 5.79. The van der Waals surface area contributed by atoms with Gasteiger partial charge in [-0.15, -0.1) is 0 Å². The highest BCUT2D eigenvalue weighted by molar-refractivity contribution is 9.10. The molecule has 0 aliphatic heterocycles. The van der Waals surface area contributed by atoms with E-state index in [1.165, 1.54) is 12.1 Å². The molecule has 0 heterocycles. The molecule has 0 spiro atoms. The van der Waals surface area contributed by atoms with E-state index in [0.717, 1.165) is 5.56 Å². The zero-order valence-corrected chi connectivity index (χ0v) is 8.42. The maximum atomic E-state index is 12.7. The van der Waals surface area contributed by atoms with Crippen molar-refractivity contribution in [3.8, 4) is 0 Å². The fourth-order valence-electron chi connectivity index (χ4n) is 0.971. The van der Waals surface area contributed by atoms with Crippen LogP contribution in [0.3, 0.4) is 0 Å². The Kier molecular flexibility index (Phi) is 3.42. The Morgan fingerprint density at radius 2 is 2.31 bits per heavy atom. The normalized spacial score (nSPS) is 12.5. The molecule has 0 aliphatic carbocycles. The number of hydrogen-bond donors (Lipinski definition) is 1. The van der Waals surface area contributed by atoms with Crippen LogP contribution in [0.25, 0.3) is 0 Å². The Hall–Kier alpha value is -0.900. The predicted molar refractivity (Wildman–Crippen MR) is 52.0 cm³/mol. The highest BCUT2D eigenvalue weighted by Crippen LogP contribution is 2.10. The topological polar surface area (TPSA) is 43.1 Å². The van der Waals surface area contributed by atoms with Crippen LogP contribution in [0.5, 0.6) is 0 Å². The fourth-order valence-corrected chi connectivity index (χ4v) is 1.35. The highest BCUT2D eigenvalue weighted by atomic mass is 79.9. The van der Waals surface area contributed by atoms with Crippen LogP contribution >= 0.6 is 15.9 Å². The summed E-state index contributed by atoms with van der Waals surface area (Å²) >= 11 is 3.11. The molecule has 1 aromatic rings. The van der Waals surface area contributed by atoms with Gasteiger partial charge in [0.25, 0.3) is 0 Å². The lowest BCUT2D eigenvalue weighted by atomic mass is 10.1. The lowest BCUT2D eigenvalue weighted by Gasteiger charge is -2.04. The molecule has 0 saturated carbocycles. The number of benzene rings is 1. The maximum Gasteiger partial charge on any atom is 0.231 e. The van der Waals surface area contributed by atoms with Gasteiger partial charge in [-0.05, 0) is 24.1 Å². The smallest absolute Gasteiger partial charge is 0.231 e. The Morgan fingerprint density at radius 1 is 1.62 bits per heavy atom. The first-order chi connectivity index (χ1) is 6.09. The summed E-state index contributed by atoms with van der Waals surface area (Å²) in [4.78, 5) is 10.2. The van der Waals surface area contributed by atoms with Crippen molar-refractivity contribution in [2.75, 3.05) is 0 Å². The van der Waals surface area contributed by atoms with Crippen molar-refractivity contribution in [1.82, 2.24) is 0 Å². The van der Waals surface area contributed by atoms with Crippen molar-refractivity contribution in [2.24, 2.45) is 5.73 Å². The van der Waals surface area contributed by atoms with E-state index in [9.17, 15) is 9.18 Å². The molecule has 1 atom stereocenters. The zero-order valence-electron chi connectivity index (χ0n) is 6.84. The molecule has 2 N–H and O–H groups in total. The van der Waals surface area contributed by atoms with Crippen LogP contribution in [0, 0.1) is 5.82 Å². The van der Waals surface area contributed by atoms with Crippen LogP contribution in [0.15, 0.2) is 24.3 Å². The standard InChI is InChI=1S/C9H9BrFNO/c10-8(9(12)13)5-6-2-1-3-7(11)4-6/h1-4,8H,5H2,(H2,12,13). The molecule has 0 aromatic heterocycles. The van der Waals surface area contributed by atoms with Crippen molar-refractivity contribution in [3.63, 3.8) is 0 Å². The third-order valence-corrected chi connectivity index (χ3v) is 2.39. The molecule has 0 radical (unpaired) electrons. The van der Waals surface area contributed by atoms with Crippen LogP contribution in [0.2, 0.25) is 0 Å². The second kappa shape index (κ2) is 4.37. The van der Waals surface area contributed by atoms with Crippen LogP contribution in [-0.2, 0) is 11.2 Å². The molecule has 0 saturated heterocycles. The summed E-state index contributed by atoms with van der Waals surface area (Å²) in [5, 5.41) is 0. The molecule has 70 valence electrons. The van der Waals surface area contributed by atoms with Gasteiger partial charge >= 0.3 is 0 Å². The van der Waals surface area contributed by atoms with Gasteiger partial charge in [0.2, 0.25) is 5.91 Å². The van der Waals surface area contributed by atoms with E-state index in [-0.39, 0.29) is 5.82 Å². The highest BCUT2D eigenvalue weighted by Gasteiger charge is 2.11. The van der Waals surface area contributed by atoms with Crippen molar-refractivity contribution in [1.29, 1.82) is 0 Å². The number of carbonyl (C=O) groups is 1. The second-order valence-electron chi connectivity index (χ2n) is 2.70. The largest absolute Gasteiger partial charge is 0.369 e. The fraction of sp³-hybridized carbons (Fsp3) is 0.222. The average molecular weight is 246 g/mol. The lowest BCUT2D eigenvalue weighted by molar-refractivity contribution is -0.117. The molecule has 0 bridgehead atoms. The van der Waals surface area contributed by atoms with E-state index >= 15 is 0 Å². The van der Waals surface area contributed by atoms with E-state index in [1.54, 1.807) is 12.1 Å². The Balaban J connectivity index is 2.69. The number of hydrogen-bond acceptors (Lipinski definition) is 1. The molecular formula is C9H9BrFNO. The second-order valence-corrected chi connectivity index (χ2v) is 3.81. The monoisotopic (exact) mass is 245 g/mol. The Labute approximate surface area is 84.1 Å². The van der Waals surface area contributed by atoms with Gasteiger partial charge in [-0.2, -0.15) is 0 Å². The first kappa shape index (κ1) is 10.2. The molecule has 1 unspecified atom stereocenters. The molecule has 2 nitrogen and oxygen atoms in total. The summed E-state index contributed by atoms with van der Waals surface area (Å²) in [6.45, 7) is 0. The summed E-state index contributed by atoms with van der Waals surface area (Å²) < 4.78 is 12.7. The number of primary amides is 1. The minimum absolute atomic E-state index is 0.304. The number of alkyl halides is 1. The van der Waals surface area contributed by atoms with Gasteiger partial charge in [0, 0.05) is 0 Å². The maximum absolute atomic E-state index is 12.7. The molecular weight excluding hydrogens is 237 g/mol. The summed E-state index contributed by atoms with van der Waals surface area (Å²) in [7, 11) is 0. The number of halogens is 2. The number of amides is 1. The summed E-state index contributed by atoms with van der Waals surface area (Å²) in [6, 6.07) is 6.10. The van der Waals surface area contributed by atoms with E-state index < -0.39 is 10.7 Å². The van der Waals surface area contributed by atoms with Gasteiger partial charge in [0.15, 0.2) is 0 Å². The quantitative estimate of drug-likeness (QED) is 0.809. The molecule has 4 heteroatoms. The number of nitrogens with two attached hydrogens (primary N) is 1. The van der Waals surface area contributed by atoms with Crippen LogP contribution < -0.4 is 5.73 Å². The molecule has 0 fully saturated rings. The van der Waals surface area contributed by atoms with E-state index in [2.05, 4.69) is 15.9 Å². The van der Waals surface area contributed by atoms with Gasteiger partial charge in [-0.1, -0.05) is 28.1 Å². The lowest BCUT2D eigenvalue weighted by Crippen LogP contribution is -2.24. The first-order valence-electron chi connectivity index (χ1n) is 3.77. The Morgan fingerprint density at radius 3 is 2.85 bits per heavy atom. The minimum Gasteiger partial charge on any atom is -0.369 e. The van der Waals surface area contributed by atoms with Gasteiger partial charge in [0.1, 0.15) is 5.82 Å². The van der Waals surface area contributed by atoms with Crippen molar-refractivity contribution in [3.05, 3.63) is 35.6 Å². The minimum atomic E-state index is -0.440. The van der Waals surface area contributed by atoms with Gasteiger partial charge < -0.3 is 5.73 Å². The van der Waals surface area contributed by atoms with Crippen molar-refractivity contribution in [2.45, 2.75) is 11.2 Å². The number of rotatable bonds is 3.